The van der Waals surface area contributed by atoms with Crippen molar-refractivity contribution in [1.82, 2.24) is 19.6 Å². The summed E-state index contributed by atoms with van der Waals surface area (Å²) in [7, 11) is 0. The molecule has 0 atom stereocenters. The monoisotopic (exact) mass is 364 g/mol. The second-order valence-electron chi connectivity index (χ2n) is 5.45. The minimum Gasteiger partial charge on any atom is -0.427 e. The van der Waals surface area contributed by atoms with Gasteiger partial charge in [-0.25, -0.2) is 0 Å². The molecule has 0 radical (unpaired) electrons. The Morgan fingerprint density at radius 2 is 2.04 bits per heavy atom. The number of hydrogen-bond donors (Lipinski definition) is 0. The van der Waals surface area contributed by atoms with E-state index in [0.29, 0.717) is 21.1 Å². The smallest absolute Gasteiger partial charge is 0.308 e. The highest BCUT2D eigenvalue weighted by molar-refractivity contribution is 7.15. The summed E-state index contributed by atoms with van der Waals surface area (Å²) in [5.74, 6) is 0.554. The summed E-state index contributed by atoms with van der Waals surface area (Å²) in [5.41, 5.74) is 1.35. The molecule has 128 valence electrons. The number of benzene rings is 1. The second kappa shape index (κ2) is 6.49. The van der Waals surface area contributed by atoms with Crippen molar-refractivity contribution < 1.29 is 9.53 Å². The zero-order valence-corrected chi connectivity index (χ0v) is 14.4. The van der Waals surface area contributed by atoms with E-state index < -0.39 is 0 Å². The fourth-order valence-electron chi connectivity index (χ4n) is 2.40. The van der Waals surface area contributed by atoms with Crippen LogP contribution in [-0.2, 0) is 4.79 Å². The van der Waals surface area contributed by atoms with Gasteiger partial charge in [-0.3, -0.25) is 14.6 Å². The average Bonchev–Trinajstić information content (AvgIpc) is 3.17. The van der Waals surface area contributed by atoms with E-state index >= 15 is 0 Å². The number of rotatable bonds is 3. The fraction of sp³-hybridized carbons (Fsp3) is 0.0556. The van der Waals surface area contributed by atoms with Gasteiger partial charge >= 0.3 is 5.97 Å². The van der Waals surface area contributed by atoms with Crippen molar-refractivity contribution in [1.29, 1.82) is 0 Å². The largest absolute Gasteiger partial charge is 0.427 e. The Hall–Kier alpha value is -3.39. The van der Waals surface area contributed by atoms with Crippen molar-refractivity contribution in [2.75, 3.05) is 0 Å². The topological polar surface area (TPSA) is 86.4 Å². The molecule has 4 rings (SSSR count). The van der Waals surface area contributed by atoms with Gasteiger partial charge in [0.1, 0.15) is 5.75 Å². The van der Waals surface area contributed by atoms with Crippen LogP contribution >= 0.6 is 11.3 Å². The van der Waals surface area contributed by atoms with E-state index in [1.165, 1.54) is 22.8 Å². The molecule has 26 heavy (non-hydrogen) atoms. The van der Waals surface area contributed by atoms with Crippen molar-refractivity contribution in [2.24, 2.45) is 0 Å². The molecule has 3 heterocycles. The van der Waals surface area contributed by atoms with Crippen LogP contribution in [0.4, 0.5) is 0 Å². The third-order valence-electron chi connectivity index (χ3n) is 3.54. The SMILES string of the molecule is CC(=O)Oc1ccc(C=c2sc3nc(-c4cccnc4)nn3c2=O)cc1. The Balaban J connectivity index is 1.70. The molecule has 0 N–H and O–H groups in total. The van der Waals surface area contributed by atoms with E-state index in [2.05, 4.69) is 15.1 Å². The first-order chi connectivity index (χ1) is 12.6. The number of esters is 1. The molecular weight excluding hydrogens is 352 g/mol. The normalized spacial score (nSPS) is 11.8. The molecule has 0 spiro atoms. The van der Waals surface area contributed by atoms with Crippen LogP contribution in [0.1, 0.15) is 12.5 Å². The van der Waals surface area contributed by atoms with Gasteiger partial charge in [-0.15, -0.1) is 5.10 Å². The van der Waals surface area contributed by atoms with E-state index in [1.54, 1.807) is 48.8 Å². The lowest BCUT2D eigenvalue weighted by Gasteiger charge is -2.00. The van der Waals surface area contributed by atoms with Crippen molar-refractivity contribution in [2.45, 2.75) is 6.92 Å². The number of carbonyl (C=O) groups is 1. The zero-order valence-electron chi connectivity index (χ0n) is 13.6. The molecule has 0 saturated heterocycles. The summed E-state index contributed by atoms with van der Waals surface area (Å²) >= 11 is 1.26. The fourth-order valence-corrected chi connectivity index (χ4v) is 3.31. The minimum atomic E-state index is -0.376. The summed E-state index contributed by atoms with van der Waals surface area (Å²) in [6.07, 6.45) is 5.08. The van der Waals surface area contributed by atoms with Gasteiger partial charge in [-0.05, 0) is 35.9 Å². The first-order valence-electron chi connectivity index (χ1n) is 7.70. The molecule has 0 aliphatic carbocycles. The standard InChI is InChI=1S/C18H12N4O3S/c1-11(23)25-14-6-4-12(5-7-14)9-15-17(24)22-18(26-15)20-16(21-22)13-3-2-8-19-10-13/h2-10H,1H3. The van der Waals surface area contributed by atoms with Gasteiger partial charge in [0.05, 0.1) is 4.53 Å². The van der Waals surface area contributed by atoms with E-state index in [9.17, 15) is 9.59 Å². The Bertz CT molecular complexity index is 1200. The quantitative estimate of drug-likeness (QED) is 0.406. The van der Waals surface area contributed by atoms with Gasteiger partial charge in [-0.1, -0.05) is 23.5 Å². The third-order valence-corrected chi connectivity index (χ3v) is 4.50. The molecule has 0 amide bonds. The molecule has 0 saturated carbocycles. The van der Waals surface area contributed by atoms with Crippen molar-refractivity contribution >= 4 is 28.3 Å². The zero-order chi connectivity index (χ0) is 18.1. The lowest BCUT2D eigenvalue weighted by Crippen LogP contribution is -2.23. The van der Waals surface area contributed by atoms with E-state index in [4.69, 9.17) is 4.74 Å². The Morgan fingerprint density at radius 1 is 1.23 bits per heavy atom. The number of carbonyl (C=O) groups excluding carboxylic acids is 1. The number of hydrogen-bond acceptors (Lipinski definition) is 7. The summed E-state index contributed by atoms with van der Waals surface area (Å²) < 4.78 is 6.82. The molecule has 0 aliphatic heterocycles. The first-order valence-corrected chi connectivity index (χ1v) is 8.52. The molecule has 0 aliphatic rings. The number of ether oxygens (including phenoxy) is 1. The van der Waals surface area contributed by atoms with Crippen molar-refractivity contribution in [3.05, 3.63) is 69.2 Å². The van der Waals surface area contributed by atoms with Crippen molar-refractivity contribution in [3.63, 3.8) is 0 Å². The minimum absolute atomic E-state index is 0.225. The average molecular weight is 364 g/mol. The number of aromatic nitrogens is 4. The first kappa shape index (κ1) is 16.1. The summed E-state index contributed by atoms with van der Waals surface area (Å²) in [5, 5.41) is 4.28. The van der Waals surface area contributed by atoms with Crippen LogP contribution in [0.3, 0.4) is 0 Å². The highest BCUT2D eigenvalue weighted by Crippen LogP contribution is 2.15. The van der Waals surface area contributed by atoms with Gasteiger partial charge in [0.2, 0.25) is 4.96 Å². The molecule has 3 aromatic heterocycles. The lowest BCUT2D eigenvalue weighted by atomic mass is 10.2. The molecular formula is C18H12N4O3S. The third kappa shape index (κ3) is 3.09. The molecule has 0 fully saturated rings. The highest BCUT2D eigenvalue weighted by atomic mass is 32.1. The van der Waals surface area contributed by atoms with Gasteiger partial charge < -0.3 is 4.74 Å². The Morgan fingerprint density at radius 3 is 2.69 bits per heavy atom. The van der Waals surface area contributed by atoms with E-state index in [0.717, 1.165) is 11.1 Å². The van der Waals surface area contributed by atoms with Crippen LogP contribution in [0.25, 0.3) is 22.4 Å². The van der Waals surface area contributed by atoms with Crippen molar-refractivity contribution in [3.8, 4) is 17.1 Å². The Labute approximate surface area is 151 Å². The summed E-state index contributed by atoms with van der Waals surface area (Å²) in [4.78, 5) is 32.5. The number of nitrogens with zero attached hydrogens (tertiary/aromatic N) is 4. The molecule has 1 aromatic carbocycles. The van der Waals surface area contributed by atoms with Gasteiger partial charge in [0.25, 0.3) is 5.56 Å². The second-order valence-corrected chi connectivity index (χ2v) is 6.46. The van der Waals surface area contributed by atoms with Crippen LogP contribution in [0.15, 0.2) is 53.6 Å². The lowest BCUT2D eigenvalue weighted by molar-refractivity contribution is -0.131. The van der Waals surface area contributed by atoms with Gasteiger partial charge in [0, 0.05) is 24.9 Å². The van der Waals surface area contributed by atoms with Crippen LogP contribution in [0.5, 0.6) is 5.75 Å². The predicted octanol–water partition coefficient (Wildman–Crippen LogP) is 1.69. The van der Waals surface area contributed by atoms with Crippen LogP contribution in [0, 0.1) is 0 Å². The number of thiazole rings is 1. The van der Waals surface area contributed by atoms with Crippen LogP contribution in [0.2, 0.25) is 0 Å². The molecule has 0 bridgehead atoms. The summed E-state index contributed by atoms with van der Waals surface area (Å²) in [6, 6.07) is 10.5. The maximum Gasteiger partial charge on any atom is 0.308 e. The maximum absolute atomic E-state index is 12.5. The van der Waals surface area contributed by atoms with E-state index in [-0.39, 0.29) is 11.5 Å². The van der Waals surface area contributed by atoms with Crippen LogP contribution < -0.4 is 14.8 Å². The molecule has 7 nitrogen and oxygen atoms in total. The van der Waals surface area contributed by atoms with E-state index in [1.807, 2.05) is 6.07 Å². The predicted molar refractivity (Wildman–Crippen MR) is 96.9 cm³/mol. The van der Waals surface area contributed by atoms with Gasteiger partial charge in [-0.2, -0.15) is 9.50 Å². The highest BCUT2D eigenvalue weighted by Gasteiger charge is 2.11. The summed E-state index contributed by atoms with van der Waals surface area (Å²) in [6.45, 7) is 1.35. The molecule has 8 heteroatoms. The molecule has 0 unspecified atom stereocenters. The maximum atomic E-state index is 12.5. The number of pyridine rings is 1. The van der Waals surface area contributed by atoms with Gasteiger partial charge in [0.15, 0.2) is 5.82 Å². The number of fused-ring (bicyclic) bond motifs is 1. The van der Waals surface area contributed by atoms with Crippen LogP contribution in [-0.4, -0.2) is 25.6 Å². The Kier molecular flexibility index (Phi) is 4.02. The molecule has 4 aromatic rings.